The maximum atomic E-state index is 11.7. The van der Waals surface area contributed by atoms with E-state index in [0.717, 1.165) is 0 Å². The van der Waals surface area contributed by atoms with Crippen LogP contribution in [0.3, 0.4) is 0 Å². The molecule has 2 rings (SSSR count). The van der Waals surface area contributed by atoms with Crippen molar-refractivity contribution < 1.29 is 23.9 Å². The van der Waals surface area contributed by atoms with E-state index in [-0.39, 0.29) is 11.5 Å². The monoisotopic (exact) mass is 261 g/mol. The zero-order chi connectivity index (χ0) is 13.7. The molecule has 0 spiro atoms. The Morgan fingerprint density at radius 1 is 1.37 bits per heavy atom. The minimum Gasteiger partial charge on any atom is -0.493 e. The van der Waals surface area contributed by atoms with Crippen molar-refractivity contribution in [1.29, 1.82) is 0 Å². The third kappa shape index (κ3) is 2.92. The van der Waals surface area contributed by atoms with Gasteiger partial charge in [0.25, 0.3) is 0 Å². The Labute approximate surface area is 108 Å². The number of rotatable bonds is 4. The number of carbonyl (C=O) groups excluding carboxylic acids is 1. The lowest BCUT2D eigenvalue weighted by atomic mass is 10.2. The van der Waals surface area contributed by atoms with Crippen molar-refractivity contribution in [2.45, 2.75) is 0 Å². The highest BCUT2D eigenvalue weighted by Gasteiger charge is 2.14. The number of methoxy groups -OCH3 is 1. The van der Waals surface area contributed by atoms with Gasteiger partial charge in [-0.2, -0.15) is 0 Å². The Morgan fingerprint density at radius 2 is 2.21 bits per heavy atom. The van der Waals surface area contributed by atoms with Gasteiger partial charge in [0.15, 0.2) is 11.5 Å². The van der Waals surface area contributed by atoms with Crippen LogP contribution in [0, 0.1) is 0 Å². The summed E-state index contributed by atoms with van der Waals surface area (Å²) < 4.78 is 15.2. The molecule has 0 radical (unpaired) electrons. The number of esters is 1. The second kappa shape index (κ2) is 5.72. The smallest absolute Gasteiger partial charge is 0.379 e. The van der Waals surface area contributed by atoms with Crippen LogP contribution in [0.1, 0.15) is 16.1 Å². The summed E-state index contributed by atoms with van der Waals surface area (Å²) in [5.41, 5.74) is 0.608. The van der Waals surface area contributed by atoms with Gasteiger partial charge in [0.2, 0.25) is 5.76 Å². The van der Waals surface area contributed by atoms with E-state index in [0.29, 0.717) is 11.3 Å². The summed E-state index contributed by atoms with van der Waals surface area (Å²) in [6.45, 7) is 0. The quantitative estimate of drug-likeness (QED) is 0.300. The SMILES string of the molecule is COc1cc(C=NO)ccc1OC(=O)c1ccco1. The summed E-state index contributed by atoms with van der Waals surface area (Å²) in [6.07, 6.45) is 2.62. The first-order valence-corrected chi connectivity index (χ1v) is 5.35. The Bertz CT molecular complexity index is 589. The molecule has 0 amide bonds. The Hall–Kier alpha value is -2.76. The molecule has 0 bridgehead atoms. The topological polar surface area (TPSA) is 81.3 Å². The van der Waals surface area contributed by atoms with Crippen LogP contribution in [-0.2, 0) is 0 Å². The molecule has 1 heterocycles. The van der Waals surface area contributed by atoms with Crippen molar-refractivity contribution in [1.82, 2.24) is 0 Å². The van der Waals surface area contributed by atoms with E-state index in [1.165, 1.54) is 31.7 Å². The van der Waals surface area contributed by atoms with Crippen LogP contribution in [0.4, 0.5) is 0 Å². The van der Waals surface area contributed by atoms with E-state index in [9.17, 15) is 4.79 Å². The van der Waals surface area contributed by atoms with Crippen LogP contribution in [0.2, 0.25) is 0 Å². The standard InChI is InChI=1S/C13H11NO5/c1-17-12-7-9(8-14-16)4-5-10(12)19-13(15)11-3-2-6-18-11/h2-8,16H,1H3. The fraction of sp³-hybridized carbons (Fsp3) is 0.0769. The second-order valence-electron chi connectivity index (χ2n) is 3.52. The number of benzene rings is 1. The van der Waals surface area contributed by atoms with Gasteiger partial charge < -0.3 is 19.1 Å². The molecule has 1 N–H and O–H groups in total. The number of furan rings is 1. The van der Waals surface area contributed by atoms with Gasteiger partial charge in [-0.1, -0.05) is 5.16 Å². The zero-order valence-electron chi connectivity index (χ0n) is 10.1. The minimum atomic E-state index is -0.619. The normalized spacial score (nSPS) is 10.6. The summed E-state index contributed by atoms with van der Waals surface area (Å²) in [7, 11) is 1.44. The van der Waals surface area contributed by atoms with Crippen LogP contribution < -0.4 is 9.47 Å². The van der Waals surface area contributed by atoms with Crippen LogP contribution in [0.25, 0.3) is 0 Å². The molecule has 0 aliphatic heterocycles. The highest BCUT2D eigenvalue weighted by Crippen LogP contribution is 2.28. The number of nitrogens with zero attached hydrogens (tertiary/aromatic N) is 1. The first kappa shape index (κ1) is 12.7. The van der Waals surface area contributed by atoms with Crippen molar-refractivity contribution in [3.63, 3.8) is 0 Å². The highest BCUT2D eigenvalue weighted by atomic mass is 16.6. The number of ether oxygens (including phenoxy) is 2. The number of oxime groups is 1. The number of carbonyl (C=O) groups is 1. The molecule has 1 aromatic carbocycles. The lowest BCUT2D eigenvalue weighted by molar-refractivity contribution is 0.0696. The molecule has 0 fully saturated rings. The summed E-state index contributed by atoms with van der Waals surface area (Å²) in [5.74, 6) is 0.0752. The number of hydrogen-bond acceptors (Lipinski definition) is 6. The molecular formula is C13H11NO5. The minimum absolute atomic E-state index is 0.100. The van der Waals surface area contributed by atoms with Gasteiger partial charge in [-0.3, -0.25) is 0 Å². The molecule has 98 valence electrons. The predicted molar refractivity (Wildman–Crippen MR) is 66.0 cm³/mol. The Morgan fingerprint density at radius 3 is 2.84 bits per heavy atom. The summed E-state index contributed by atoms with van der Waals surface area (Å²) in [5, 5.41) is 11.4. The van der Waals surface area contributed by atoms with Gasteiger partial charge in [0.05, 0.1) is 19.6 Å². The molecule has 6 heteroatoms. The van der Waals surface area contributed by atoms with Crippen LogP contribution in [-0.4, -0.2) is 24.5 Å². The highest BCUT2D eigenvalue weighted by molar-refractivity contribution is 5.88. The molecule has 0 saturated heterocycles. The van der Waals surface area contributed by atoms with Crippen molar-refractivity contribution >= 4 is 12.2 Å². The zero-order valence-corrected chi connectivity index (χ0v) is 10.1. The van der Waals surface area contributed by atoms with Crippen LogP contribution in [0.5, 0.6) is 11.5 Å². The van der Waals surface area contributed by atoms with Gasteiger partial charge in [-0.05, 0) is 30.3 Å². The molecule has 1 aromatic heterocycles. The summed E-state index contributed by atoms with van der Waals surface area (Å²) >= 11 is 0. The molecule has 0 aliphatic rings. The van der Waals surface area contributed by atoms with E-state index in [1.54, 1.807) is 18.2 Å². The first-order chi connectivity index (χ1) is 9.24. The molecule has 2 aromatic rings. The molecule has 0 atom stereocenters. The summed E-state index contributed by atoms with van der Waals surface area (Å²) in [6, 6.07) is 7.82. The first-order valence-electron chi connectivity index (χ1n) is 5.35. The fourth-order valence-electron chi connectivity index (χ4n) is 1.46. The Kier molecular flexibility index (Phi) is 3.82. The lowest BCUT2D eigenvalue weighted by Gasteiger charge is -2.08. The van der Waals surface area contributed by atoms with Gasteiger partial charge in [-0.15, -0.1) is 0 Å². The van der Waals surface area contributed by atoms with Crippen LogP contribution >= 0.6 is 0 Å². The van der Waals surface area contributed by atoms with Gasteiger partial charge >= 0.3 is 5.97 Å². The molecule has 0 saturated carbocycles. The fourth-order valence-corrected chi connectivity index (χ4v) is 1.46. The average Bonchev–Trinajstić information content (AvgIpc) is 2.94. The van der Waals surface area contributed by atoms with Gasteiger partial charge in [-0.25, -0.2) is 4.79 Å². The van der Waals surface area contributed by atoms with Crippen molar-refractivity contribution in [2.75, 3.05) is 7.11 Å². The largest absolute Gasteiger partial charge is 0.493 e. The van der Waals surface area contributed by atoms with E-state index >= 15 is 0 Å². The molecular weight excluding hydrogens is 250 g/mol. The van der Waals surface area contributed by atoms with E-state index in [4.69, 9.17) is 19.1 Å². The molecule has 0 unspecified atom stereocenters. The molecule has 6 nitrogen and oxygen atoms in total. The van der Waals surface area contributed by atoms with Gasteiger partial charge in [0, 0.05) is 5.56 Å². The van der Waals surface area contributed by atoms with Gasteiger partial charge in [0.1, 0.15) is 0 Å². The maximum Gasteiger partial charge on any atom is 0.379 e. The van der Waals surface area contributed by atoms with Crippen LogP contribution in [0.15, 0.2) is 46.2 Å². The average molecular weight is 261 g/mol. The van der Waals surface area contributed by atoms with Crippen molar-refractivity contribution in [2.24, 2.45) is 5.16 Å². The Balaban J connectivity index is 2.22. The van der Waals surface area contributed by atoms with Crippen molar-refractivity contribution in [3.8, 4) is 11.5 Å². The predicted octanol–water partition coefficient (Wildman–Crippen LogP) is 2.32. The lowest BCUT2D eigenvalue weighted by Crippen LogP contribution is -2.08. The third-order valence-electron chi connectivity index (χ3n) is 2.32. The summed E-state index contributed by atoms with van der Waals surface area (Å²) in [4.78, 5) is 11.7. The number of hydrogen-bond donors (Lipinski definition) is 1. The van der Waals surface area contributed by atoms with E-state index < -0.39 is 5.97 Å². The van der Waals surface area contributed by atoms with E-state index in [1.807, 2.05) is 0 Å². The molecule has 0 aliphatic carbocycles. The maximum absolute atomic E-state index is 11.7. The molecule has 19 heavy (non-hydrogen) atoms. The third-order valence-corrected chi connectivity index (χ3v) is 2.32. The van der Waals surface area contributed by atoms with Crippen molar-refractivity contribution in [3.05, 3.63) is 47.9 Å². The second-order valence-corrected chi connectivity index (χ2v) is 3.52. The van der Waals surface area contributed by atoms with E-state index in [2.05, 4.69) is 5.16 Å².